The molecule has 0 saturated carbocycles. The molecule has 0 fully saturated rings. The SMILES string of the molecule is CCCCCN=C(NCC)NCCNC(=O)c1cccnc1.I. The van der Waals surface area contributed by atoms with Crippen molar-refractivity contribution < 1.29 is 4.79 Å². The Kier molecular flexibility index (Phi) is 13.4. The fourth-order valence-corrected chi connectivity index (χ4v) is 1.85. The first-order valence-corrected chi connectivity index (χ1v) is 7.98. The predicted molar refractivity (Wildman–Crippen MR) is 105 cm³/mol. The number of halogens is 1. The van der Waals surface area contributed by atoms with Crippen molar-refractivity contribution in [3.8, 4) is 0 Å². The number of rotatable bonds is 9. The highest BCUT2D eigenvalue weighted by atomic mass is 127. The quantitative estimate of drug-likeness (QED) is 0.242. The number of carbonyl (C=O) groups is 1. The van der Waals surface area contributed by atoms with Gasteiger partial charge >= 0.3 is 0 Å². The number of pyridine rings is 1. The van der Waals surface area contributed by atoms with E-state index in [1.807, 2.05) is 6.92 Å². The van der Waals surface area contributed by atoms with Gasteiger partial charge in [-0.1, -0.05) is 19.8 Å². The molecule has 1 rings (SSSR count). The van der Waals surface area contributed by atoms with Gasteiger partial charge < -0.3 is 16.0 Å². The van der Waals surface area contributed by atoms with E-state index in [4.69, 9.17) is 0 Å². The Morgan fingerprint density at radius 1 is 1.17 bits per heavy atom. The maximum atomic E-state index is 11.8. The van der Waals surface area contributed by atoms with E-state index in [1.54, 1.807) is 24.5 Å². The van der Waals surface area contributed by atoms with Gasteiger partial charge in [0.2, 0.25) is 0 Å². The van der Waals surface area contributed by atoms with Gasteiger partial charge in [0.15, 0.2) is 5.96 Å². The molecule has 0 aliphatic rings. The summed E-state index contributed by atoms with van der Waals surface area (Å²) in [4.78, 5) is 20.3. The molecule has 1 heterocycles. The molecule has 0 aliphatic heterocycles. The number of hydrogen-bond acceptors (Lipinski definition) is 3. The van der Waals surface area contributed by atoms with Crippen molar-refractivity contribution in [2.24, 2.45) is 4.99 Å². The lowest BCUT2D eigenvalue weighted by Gasteiger charge is -2.11. The van der Waals surface area contributed by atoms with Crippen LogP contribution < -0.4 is 16.0 Å². The second kappa shape index (κ2) is 14.2. The van der Waals surface area contributed by atoms with Crippen LogP contribution in [0.5, 0.6) is 0 Å². The van der Waals surface area contributed by atoms with E-state index >= 15 is 0 Å². The number of guanidine groups is 1. The largest absolute Gasteiger partial charge is 0.357 e. The zero-order valence-corrected chi connectivity index (χ0v) is 16.3. The van der Waals surface area contributed by atoms with Gasteiger partial charge in [-0.25, -0.2) is 0 Å². The standard InChI is InChI=1S/C16H27N5O.HI/c1-3-5-6-10-20-16(18-4-2)21-12-11-19-15(22)14-8-7-9-17-13-14;/h7-9,13H,3-6,10-12H2,1-2H3,(H,19,22)(H2,18,20,21);1H. The lowest BCUT2D eigenvalue weighted by Crippen LogP contribution is -2.41. The van der Waals surface area contributed by atoms with Crippen LogP contribution in [0.2, 0.25) is 0 Å². The molecule has 7 heteroatoms. The van der Waals surface area contributed by atoms with Crippen molar-refractivity contribution >= 4 is 35.8 Å². The van der Waals surface area contributed by atoms with Gasteiger partial charge in [-0.2, -0.15) is 0 Å². The Balaban J connectivity index is 0.00000484. The summed E-state index contributed by atoms with van der Waals surface area (Å²) < 4.78 is 0. The summed E-state index contributed by atoms with van der Waals surface area (Å²) in [5.41, 5.74) is 0.572. The van der Waals surface area contributed by atoms with Crippen LogP contribution in [0, 0.1) is 0 Å². The second-order valence-corrected chi connectivity index (χ2v) is 4.89. The Bertz CT molecular complexity index is 453. The summed E-state index contributed by atoms with van der Waals surface area (Å²) in [7, 11) is 0. The highest BCUT2D eigenvalue weighted by molar-refractivity contribution is 14.0. The van der Waals surface area contributed by atoms with Crippen LogP contribution in [0.25, 0.3) is 0 Å². The van der Waals surface area contributed by atoms with E-state index in [0.29, 0.717) is 18.7 Å². The number of hydrogen-bond donors (Lipinski definition) is 3. The number of carbonyl (C=O) groups excluding carboxylic acids is 1. The van der Waals surface area contributed by atoms with E-state index in [9.17, 15) is 4.79 Å². The normalized spacial score (nSPS) is 10.6. The average Bonchev–Trinajstić information content (AvgIpc) is 2.56. The first kappa shape index (κ1) is 21.6. The molecule has 3 N–H and O–H groups in total. The summed E-state index contributed by atoms with van der Waals surface area (Å²) in [6.45, 7) is 7.02. The van der Waals surface area contributed by atoms with E-state index in [-0.39, 0.29) is 29.9 Å². The Morgan fingerprint density at radius 2 is 1.96 bits per heavy atom. The van der Waals surface area contributed by atoms with Crippen molar-refractivity contribution in [2.75, 3.05) is 26.2 Å². The number of nitrogens with one attached hydrogen (secondary N) is 3. The van der Waals surface area contributed by atoms with E-state index in [0.717, 1.165) is 25.5 Å². The summed E-state index contributed by atoms with van der Waals surface area (Å²) in [5, 5.41) is 9.26. The number of unbranched alkanes of at least 4 members (excludes halogenated alkanes) is 2. The zero-order chi connectivity index (χ0) is 16.0. The van der Waals surface area contributed by atoms with Gasteiger partial charge in [-0.15, -0.1) is 24.0 Å². The predicted octanol–water partition coefficient (Wildman–Crippen LogP) is 2.17. The molecule has 6 nitrogen and oxygen atoms in total. The molecule has 0 saturated heterocycles. The van der Waals surface area contributed by atoms with Gasteiger partial charge in [-0.3, -0.25) is 14.8 Å². The Hall–Kier alpha value is -1.38. The lowest BCUT2D eigenvalue weighted by atomic mass is 10.2. The van der Waals surface area contributed by atoms with Crippen LogP contribution in [0.15, 0.2) is 29.5 Å². The van der Waals surface area contributed by atoms with Crippen molar-refractivity contribution in [2.45, 2.75) is 33.1 Å². The van der Waals surface area contributed by atoms with Gasteiger partial charge in [0.1, 0.15) is 0 Å². The summed E-state index contributed by atoms with van der Waals surface area (Å²) in [6, 6.07) is 3.49. The minimum atomic E-state index is -0.111. The van der Waals surface area contributed by atoms with Gasteiger partial charge in [0, 0.05) is 38.6 Å². The third-order valence-corrected chi connectivity index (χ3v) is 3.00. The summed E-state index contributed by atoms with van der Waals surface area (Å²) in [5.74, 6) is 0.689. The van der Waals surface area contributed by atoms with Crippen LogP contribution in [-0.4, -0.2) is 43.0 Å². The van der Waals surface area contributed by atoms with Crippen LogP contribution >= 0.6 is 24.0 Å². The third-order valence-electron chi connectivity index (χ3n) is 3.00. The molecule has 0 unspecified atom stereocenters. The molecule has 0 bridgehead atoms. The molecular formula is C16H28IN5O. The van der Waals surface area contributed by atoms with Gasteiger partial charge in [0.05, 0.1) is 5.56 Å². The van der Waals surface area contributed by atoms with E-state index in [2.05, 4.69) is 32.9 Å². The molecule has 0 aromatic carbocycles. The van der Waals surface area contributed by atoms with Crippen molar-refractivity contribution in [3.63, 3.8) is 0 Å². The first-order chi connectivity index (χ1) is 10.8. The fraction of sp³-hybridized carbons (Fsp3) is 0.562. The Morgan fingerprint density at radius 3 is 2.61 bits per heavy atom. The van der Waals surface area contributed by atoms with Crippen LogP contribution in [0.3, 0.4) is 0 Å². The smallest absolute Gasteiger partial charge is 0.252 e. The first-order valence-electron chi connectivity index (χ1n) is 7.98. The number of nitrogens with zero attached hydrogens (tertiary/aromatic N) is 2. The Labute approximate surface area is 156 Å². The fourth-order valence-electron chi connectivity index (χ4n) is 1.85. The topological polar surface area (TPSA) is 78.4 Å². The van der Waals surface area contributed by atoms with E-state index in [1.165, 1.54) is 12.8 Å². The molecule has 0 aliphatic carbocycles. The average molecular weight is 433 g/mol. The maximum absolute atomic E-state index is 11.8. The monoisotopic (exact) mass is 433 g/mol. The molecule has 130 valence electrons. The zero-order valence-electron chi connectivity index (χ0n) is 14.0. The molecule has 1 aromatic rings. The van der Waals surface area contributed by atoms with Crippen molar-refractivity contribution in [1.29, 1.82) is 0 Å². The third kappa shape index (κ3) is 10.1. The molecular weight excluding hydrogens is 405 g/mol. The number of aliphatic imine (C=N–C) groups is 1. The highest BCUT2D eigenvalue weighted by Crippen LogP contribution is 1.94. The number of amides is 1. The summed E-state index contributed by atoms with van der Waals surface area (Å²) >= 11 is 0. The minimum Gasteiger partial charge on any atom is -0.357 e. The summed E-state index contributed by atoms with van der Waals surface area (Å²) in [6.07, 6.45) is 6.70. The highest BCUT2D eigenvalue weighted by Gasteiger charge is 2.03. The second-order valence-electron chi connectivity index (χ2n) is 4.89. The van der Waals surface area contributed by atoms with E-state index < -0.39 is 0 Å². The van der Waals surface area contributed by atoms with Crippen molar-refractivity contribution in [3.05, 3.63) is 30.1 Å². The lowest BCUT2D eigenvalue weighted by molar-refractivity contribution is 0.0954. The van der Waals surface area contributed by atoms with Crippen LogP contribution in [0.4, 0.5) is 0 Å². The molecule has 0 spiro atoms. The van der Waals surface area contributed by atoms with Crippen LogP contribution in [-0.2, 0) is 0 Å². The molecule has 23 heavy (non-hydrogen) atoms. The minimum absolute atomic E-state index is 0. The molecule has 1 amide bonds. The molecule has 0 atom stereocenters. The van der Waals surface area contributed by atoms with Crippen LogP contribution in [0.1, 0.15) is 43.5 Å². The van der Waals surface area contributed by atoms with Crippen molar-refractivity contribution in [1.82, 2.24) is 20.9 Å². The maximum Gasteiger partial charge on any atom is 0.252 e. The molecule has 1 aromatic heterocycles. The molecule has 0 radical (unpaired) electrons. The number of aromatic nitrogens is 1. The van der Waals surface area contributed by atoms with Gasteiger partial charge in [0.25, 0.3) is 5.91 Å². The van der Waals surface area contributed by atoms with Gasteiger partial charge in [-0.05, 0) is 25.5 Å².